The van der Waals surface area contributed by atoms with Gasteiger partial charge in [-0.2, -0.15) is 5.26 Å². The largest absolute Gasteiger partial charge is 0.444 e. The highest BCUT2D eigenvalue weighted by atomic mass is 19.1. The van der Waals surface area contributed by atoms with Gasteiger partial charge in [-0.05, 0) is 68.6 Å². The highest BCUT2D eigenvalue weighted by Gasteiger charge is 2.43. The lowest BCUT2D eigenvalue weighted by Gasteiger charge is -2.33. The van der Waals surface area contributed by atoms with Gasteiger partial charge < -0.3 is 18.8 Å². The molecule has 0 bridgehead atoms. The second-order valence-corrected chi connectivity index (χ2v) is 12.1. The molecule has 3 aliphatic rings. The first-order valence-corrected chi connectivity index (χ1v) is 15.3. The van der Waals surface area contributed by atoms with E-state index in [9.17, 15) is 9.18 Å². The Kier molecular flexibility index (Phi) is 6.84. The predicted octanol–water partition coefficient (Wildman–Crippen LogP) is 4.60. The number of imidazole rings is 1. The third-order valence-corrected chi connectivity index (χ3v) is 9.17. The third kappa shape index (κ3) is 4.99. The molecule has 0 spiro atoms. The van der Waals surface area contributed by atoms with Gasteiger partial charge in [0.25, 0.3) is 5.79 Å². The van der Waals surface area contributed by atoms with E-state index in [4.69, 9.17) is 24.5 Å². The smallest absolute Gasteiger partial charge is 0.439 e. The molecule has 0 amide bonds. The van der Waals surface area contributed by atoms with Gasteiger partial charge >= 0.3 is 5.76 Å². The Bertz CT molecular complexity index is 2050. The SMILES string of the molecule is CC1(c2ccc(C#N)cc2F)Oc2cccc(C3CCN(Cc4nc5cc(-c6noc(=O)[nH]6)ncc5n4CC4CCO4)CC3)c2O1. The summed E-state index contributed by atoms with van der Waals surface area (Å²) in [4.78, 5) is 25.9. The van der Waals surface area contributed by atoms with E-state index in [1.165, 1.54) is 6.07 Å². The van der Waals surface area contributed by atoms with Crippen LogP contribution in [0.5, 0.6) is 11.5 Å². The molecule has 12 nitrogen and oxygen atoms in total. The number of hydrogen-bond acceptors (Lipinski definition) is 10. The molecule has 0 radical (unpaired) electrons. The molecule has 13 heteroatoms. The molecular weight excluding hydrogens is 593 g/mol. The van der Waals surface area contributed by atoms with Crippen molar-refractivity contribution in [2.24, 2.45) is 0 Å². The summed E-state index contributed by atoms with van der Waals surface area (Å²) in [6.07, 6.45) is 4.70. The van der Waals surface area contributed by atoms with E-state index in [1.807, 2.05) is 24.3 Å². The van der Waals surface area contributed by atoms with Crippen LogP contribution in [0.1, 0.15) is 54.6 Å². The van der Waals surface area contributed by atoms with Crippen LogP contribution in [0.3, 0.4) is 0 Å². The average Bonchev–Trinajstić information content (AvgIpc) is 3.73. The van der Waals surface area contributed by atoms with Gasteiger partial charge in [0, 0.05) is 19.1 Å². The number of piperidine rings is 1. The lowest BCUT2D eigenvalue weighted by Crippen LogP contribution is -2.35. The number of hydrogen-bond donors (Lipinski definition) is 1. The summed E-state index contributed by atoms with van der Waals surface area (Å²) < 4.78 is 40.1. The summed E-state index contributed by atoms with van der Waals surface area (Å²) in [6, 6.07) is 14.0. The Balaban J connectivity index is 0.999. The first-order chi connectivity index (χ1) is 22.4. The van der Waals surface area contributed by atoms with Crippen molar-refractivity contribution in [3.63, 3.8) is 0 Å². The Morgan fingerprint density at radius 1 is 1.15 bits per heavy atom. The normalized spacial score (nSPS) is 21.4. The molecule has 2 aromatic carbocycles. The number of rotatable bonds is 7. The maximum atomic E-state index is 15.0. The number of pyridine rings is 1. The van der Waals surface area contributed by atoms with Crippen LogP contribution in [0, 0.1) is 17.1 Å². The Morgan fingerprint density at radius 2 is 2.00 bits per heavy atom. The number of aromatic amines is 1. The molecule has 2 atom stereocenters. The molecule has 2 fully saturated rings. The van der Waals surface area contributed by atoms with Gasteiger partial charge in [0.15, 0.2) is 11.5 Å². The highest BCUT2D eigenvalue weighted by Crippen LogP contribution is 2.49. The van der Waals surface area contributed by atoms with Crippen molar-refractivity contribution >= 4 is 11.0 Å². The van der Waals surface area contributed by atoms with E-state index in [0.717, 1.165) is 61.4 Å². The van der Waals surface area contributed by atoms with Crippen molar-refractivity contribution in [3.05, 3.63) is 87.5 Å². The molecule has 1 N–H and O–H groups in total. The molecule has 5 aromatic rings. The summed E-state index contributed by atoms with van der Waals surface area (Å²) in [5.74, 6) is 0.138. The highest BCUT2D eigenvalue weighted by molar-refractivity contribution is 5.78. The molecule has 2 saturated heterocycles. The van der Waals surface area contributed by atoms with Crippen molar-refractivity contribution in [1.82, 2.24) is 29.6 Å². The molecule has 0 aliphatic carbocycles. The molecule has 46 heavy (non-hydrogen) atoms. The van der Waals surface area contributed by atoms with Gasteiger partial charge in [-0.25, -0.2) is 14.2 Å². The quantitative estimate of drug-likeness (QED) is 0.273. The monoisotopic (exact) mass is 623 g/mol. The van der Waals surface area contributed by atoms with Crippen LogP contribution >= 0.6 is 0 Å². The molecule has 2 unspecified atom stereocenters. The molecular formula is C33H30FN7O5. The molecule has 3 aliphatic heterocycles. The van der Waals surface area contributed by atoms with E-state index >= 15 is 0 Å². The lowest BCUT2D eigenvalue weighted by molar-refractivity contribution is -0.0712. The fourth-order valence-corrected chi connectivity index (χ4v) is 6.63. The zero-order chi connectivity index (χ0) is 31.4. The minimum absolute atomic E-state index is 0.138. The van der Waals surface area contributed by atoms with Gasteiger partial charge in [-0.15, -0.1) is 0 Å². The van der Waals surface area contributed by atoms with Gasteiger partial charge in [-0.3, -0.25) is 19.4 Å². The summed E-state index contributed by atoms with van der Waals surface area (Å²) in [6.45, 7) is 5.52. The van der Waals surface area contributed by atoms with E-state index in [0.29, 0.717) is 30.3 Å². The minimum Gasteiger partial charge on any atom is -0.444 e. The fraction of sp³-hybridized carbons (Fsp3) is 0.364. The van der Waals surface area contributed by atoms with E-state index in [1.54, 1.807) is 25.3 Å². The standard InChI is InChI=1S/C33H30FN7O5/c1-33(23-6-5-19(15-35)13-24(23)34)44-28-4-2-3-22(30(28)45-33)20-7-10-40(11-8-20)18-29-37-25-14-26(31-38-32(42)46-39-31)36-16-27(25)41(29)17-21-9-12-43-21/h2-6,13-14,16,20-21H,7-12,17-18H2,1H3,(H,38,39,42). The molecule has 0 saturated carbocycles. The summed E-state index contributed by atoms with van der Waals surface area (Å²) in [5.41, 5.74) is 3.68. The number of benzene rings is 2. The number of halogens is 1. The summed E-state index contributed by atoms with van der Waals surface area (Å²) >= 11 is 0. The summed E-state index contributed by atoms with van der Waals surface area (Å²) in [5, 5.41) is 12.9. The Hall–Kier alpha value is -5.06. The Labute approximate surface area is 262 Å². The second kappa shape index (κ2) is 11.1. The number of aromatic nitrogens is 5. The molecule has 234 valence electrons. The Morgan fingerprint density at radius 3 is 2.72 bits per heavy atom. The number of nitrogens with one attached hydrogen (secondary N) is 1. The minimum atomic E-state index is -1.34. The topological polar surface area (TPSA) is 144 Å². The summed E-state index contributed by atoms with van der Waals surface area (Å²) in [7, 11) is 0. The van der Waals surface area contributed by atoms with Crippen LogP contribution in [-0.4, -0.2) is 55.4 Å². The van der Waals surface area contributed by atoms with Crippen molar-refractivity contribution < 1.29 is 23.1 Å². The van der Waals surface area contributed by atoms with Crippen molar-refractivity contribution in [2.45, 2.75) is 57.1 Å². The first-order valence-electron chi connectivity index (χ1n) is 15.3. The van der Waals surface area contributed by atoms with E-state index in [2.05, 4.69) is 35.2 Å². The molecule has 3 aromatic heterocycles. The second-order valence-electron chi connectivity index (χ2n) is 12.1. The number of nitrogens with zero attached hydrogens (tertiary/aromatic N) is 6. The van der Waals surface area contributed by atoms with Gasteiger partial charge in [0.2, 0.25) is 5.82 Å². The number of likely N-dealkylation sites (tertiary alicyclic amines) is 1. The third-order valence-electron chi connectivity index (χ3n) is 9.17. The van der Waals surface area contributed by atoms with Crippen LogP contribution < -0.4 is 15.2 Å². The molecule has 6 heterocycles. The van der Waals surface area contributed by atoms with Crippen LogP contribution in [0.25, 0.3) is 22.6 Å². The number of nitriles is 1. The maximum absolute atomic E-state index is 15.0. The average molecular weight is 624 g/mol. The van der Waals surface area contributed by atoms with Gasteiger partial charge in [0.1, 0.15) is 17.3 Å². The number of H-pyrrole nitrogens is 1. The predicted molar refractivity (Wildman–Crippen MR) is 161 cm³/mol. The van der Waals surface area contributed by atoms with Crippen LogP contribution in [0.2, 0.25) is 0 Å². The van der Waals surface area contributed by atoms with Crippen LogP contribution in [0.15, 0.2) is 58.0 Å². The number of fused-ring (bicyclic) bond motifs is 2. The number of para-hydroxylation sites is 1. The fourth-order valence-electron chi connectivity index (χ4n) is 6.63. The van der Waals surface area contributed by atoms with Crippen molar-refractivity contribution in [2.75, 3.05) is 19.7 Å². The maximum Gasteiger partial charge on any atom is 0.439 e. The van der Waals surface area contributed by atoms with Crippen LogP contribution in [-0.2, 0) is 23.6 Å². The number of ether oxygens (including phenoxy) is 3. The zero-order valence-corrected chi connectivity index (χ0v) is 25.0. The van der Waals surface area contributed by atoms with Crippen molar-refractivity contribution in [3.8, 4) is 29.1 Å². The van der Waals surface area contributed by atoms with Gasteiger partial charge in [0.05, 0.1) is 53.6 Å². The first kappa shape index (κ1) is 28.4. The van der Waals surface area contributed by atoms with Gasteiger partial charge in [-0.1, -0.05) is 17.3 Å². The lowest BCUT2D eigenvalue weighted by atomic mass is 9.88. The molecule has 8 rings (SSSR count). The van der Waals surface area contributed by atoms with E-state index in [-0.39, 0.29) is 29.0 Å². The van der Waals surface area contributed by atoms with E-state index < -0.39 is 17.4 Å². The van der Waals surface area contributed by atoms with Crippen molar-refractivity contribution in [1.29, 1.82) is 5.26 Å². The zero-order valence-electron chi connectivity index (χ0n) is 25.0. The van der Waals surface area contributed by atoms with Crippen LogP contribution in [0.4, 0.5) is 4.39 Å².